The Morgan fingerprint density at radius 2 is 1.94 bits per heavy atom. The summed E-state index contributed by atoms with van der Waals surface area (Å²) < 4.78 is 23.3. The standard InChI is InChI=1S/C23H36N5O3P.CH4/c1-10-12-29-22-19-21(25-17(8)26-22)27(13-24-19)23-20(16(7)18(11-2)30-23)31-32(9)28(14(3)4)15(5)6;/h1,13-16,18,20,23H,11-12H2,2-9H3;1H4/t16?,18-,20+,23-,32?;/m1./s1. The number of terminal acetylenes is 1. The molecule has 2 unspecified atom stereocenters. The molecule has 0 spiro atoms. The molecule has 3 rings (SSSR count). The molecular formula is C24H40N5O3P. The van der Waals surface area contributed by atoms with E-state index in [-0.39, 0.29) is 38.4 Å². The number of aromatic nitrogens is 4. The zero-order valence-electron chi connectivity index (χ0n) is 20.4. The maximum absolute atomic E-state index is 6.77. The van der Waals surface area contributed by atoms with Crippen LogP contribution >= 0.6 is 8.30 Å². The molecule has 9 heteroatoms. The Kier molecular flexibility index (Phi) is 9.63. The van der Waals surface area contributed by atoms with Crippen LogP contribution in [0.15, 0.2) is 6.33 Å². The molecule has 1 aliphatic heterocycles. The van der Waals surface area contributed by atoms with Crippen molar-refractivity contribution in [2.75, 3.05) is 13.3 Å². The normalized spacial score (nSPS) is 23.8. The molecule has 2 aromatic rings. The number of aryl methyl sites for hydroxylation is 1. The zero-order valence-corrected chi connectivity index (χ0v) is 21.3. The second kappa shape index (κ2) is 11.6. The Bertz CT molecular complexity index is 949. The van der Waals surface area contributed by atoms with Crippen molar-refractivity contribution in [1.82, 2.24) is 24.2 Å². The van der Waals surface area contributed by atoms with Crippen LogP contribution in [0.3, 0.4) is 0 Å². The van der Waals surface area contributed by atoms with Gasteiger partial charge in [0, 0.05) is 18.0 Å². The van der Waals surface area contributed by atoms with Gasteiger partial charge in [-0.1, -0.05) is 27.2 Å². The SMILES string of the molecule is C.C#CCOc1nc(C)nc2c1ncn2[C@@H]1O[C@H](CC)C(C)[C@@H]1OP(C)N(C(C)C)C(C)C. The summed E-state index contributed by atoms with van der Waals surface area (Å²) in [5, 5.41) is 0. The van der Waals surface area contributed by atoms with Gasteiger partial charge in [-0.3, -0.25) is 9.24 Å². The van der Waals surface area contributed by atoms with Crippen molar-refractivity contribution in [1.29, 1.82) is 0 Å². The minimum atomic E-state index is -0.811. The van der Waals surface area contributed by atoms with Crippen molar-refractivity contribution in [2.45, 2.75) is 92.8 Å². The summed E-state index contributed by atoms with van der Waals surface area (Å²) >= 11 is 0. The summed E-state index contributed by atoms with van der Waals surface area (Å²) in [7, 11) is -0.811. The number of ether oxygens (including phenoxy) is 2. The van der Waals surface area contributed by atoms with Gasteiger partial charge in [0.15, 0.2) is 24.0 Å². The summed E-state index contributed by atoms with van der Waals surface area (Å²) in [6.07, 6.45) is 7.65. The average Bonchev–Trinajstić information content (AvgIpc) is 3.26. The van der Waals surface area contributed by atoms with E-state index in [4.69, 9.17) is 20.4 Å². The van der Waals surface area contributed by atoms with Crippen LogP contribution in [-0.2, 0) is 9.26 Å². The van der Waals surface area contributed by atoms with Crippen molar-refractivity contribution in [3.8, 4) is 18.2 Å². The van der Waals surface area contributed by atoms with Gasteiger partial charge >= 0.3 is 0 Å². The molecule has 0 N–H and O–H groups in total. The van der Waals surface area contributed by atoms with Gasteiger partial charge in [0.05, 0.1) is 12.4 Å². The number of hydrogen-bond donors (Lipinski definition) is 0. The van der Waals surface area contributed by atoms with E-state index in [2.05, 4.69) is 73.8 Å². The van der Waals surface area contributed by atoms with Crippen LogP contribution in [0.1, 0.15) is 67.4 Å². The van der Waals surface area contributed by atoms with Crippen LogP contribution in [0.4, 0.5) is 0 Å². The molecule has 5 atom stereocenters. The largest absolute Gasteiger partial charge is 0.463 e. The van der Waals surface area contributed by atoms with E-state index >= 15 is 0 Å². The van der Waals surface area contributed by atoms with Crippen LogP contribution in [-0.4, -0.2) is 61.8 Å². The number of rotatable bonds is 9. The van der Waals surface area contributed by atoms with Gasteiger partial charge in [0.1, 0.15) is 20.2 Å². The van der Waals surface area contributed by atoms with Gasteiger partial charge < -0.3 is 14.0 Å². The Balaban J connectivity index is 0.00000385. The van der Waals surface area contributed by atoms with Crippen LogP contribution in [0, 0.1) is 25.2 Å². The molecule has 0 bridgehead atoms. The van der Waals surface area contributed by atoms with Gasteiger partial charge in [-0.25, -0.2) is 9.97 Å². The number of hydrogen-bond acceptors (Lipinski definition) is 7. The Hall–Kier alpha value is -1.78. The molecule has 0 aromatic carbocycles. The van der Waals surface area contributed by atoms with Crippen molar-refractivity contribution < 1.29 is 14.0 Å². The molecule has 184 valence electrons. The molecule has 3 heterocycles. The zero-order chi connectivity index (χ0) is 23.6. The minimum Gasteiger partial charge on any atom is -0.463 e. The van der Waals surface area contributed by atoms with E-state index < -0.39 is 8.30 Å². The lowest BCUT2D eigenvalue weighted by Gasteiger charge is -2.37. The highest BCUT2D eigenvalue weighted by molar-refractivity contribution is 7.49. The Labute approximate surface area is 200 Å². The molecule has 33 heavy (non-hydrogen) atoms. The summed E-state index contributed by atoms with van der Waals surface area (Å²) in [6.45, 7) is 17.3. The molecular weight excluding hydrogens is 437 g/mol. The molecule has 1 fully saturated rings. The second-order valence-electron chi connectivity index (χ2n) is 8.83. The van der Waals surface area contributed by atoms with Crippen molar-refractivity contribution in [2.24, 2.45) is 5.92 Å². The Morgan fingerprint density at radius 3 is 2.52 bits per heavy atom. The van der Waals surface area contributed by atoms with Crippen LogP contribution < -0.4 is 4.74 Å². The fourth-order valence-corrected chi connectivity index (χ4v) is 6.62. The third-order valence-electron chi connectivity index (χ3n) is 5.83. The summed E-state index contributed by atoms with van der Waals surface area (Å²) in [5.74, 6) is 3.68. The monoisotopic (exact) mass is 477 g/mol. The summed E-state index contributed by atoms with van der Waals surface area (Å²) in [5.41, 5.74) is 1.24. The first kappa shape index (κ1) is 27.5. The van der Waals surface area contributed by atoms with Crippen LogP contribution in [0.5, 0.6) is 5.88 Å². The number of nitrogens with zero attached hydrogens (tertiary/aromatic N) is 5. The van der Waals surface area contributed by atoms with Crippen molar-refractivity contribution >= 4 is 19.5 Å². The predicted octanol–water partition coefficient (Wildman–Crippen LogP) is 5.17. The third kappa shape index (κ3) is 5.66. The second-order valence-corrected chi connectivity index (χ2v) is 10.4. The van der Waals surface area contributed by atoms with Crippen LogP contribution in [0.25, 0.3) is 11.2 Å². The summed E-state index contributed by atoms with van der Waals surface area (Å²) in [4.78, 5) is 13.6. The van der Waals surface area contributed by atoms with Gasteiger partial charge in [-0.15, -0.1) is 6.42 Å². The predicted molar refractivity (Wildman–Crippen MR) is 134 cm³/mol. The average molecular weight is 478 g/mol. The van der Waals surface area contributed by atoms with Gasteiger partial charge in [0.25, 0.3) is 0 Å². The van der Waals surface area contributed by atoms with Gasteiger partial charge in [0.2, 0.25) is 5.88 Å². The number of imidazole rings is 1. The highest BCUT2D eigenvalue weighted by atomic mass is 31.2. The van der Waals surface area contributed by atoms with Gasteiger partial charge in [-0.05, 0) is 47.7 Å². The first-order chi connectivity index (χ1) is 15.2. The summed E-state index contributed by atoms with van der Waals surface area (Å²) in [6, 6.07) is 0.786. The molecule has 8 nitrogen and oxygen atoms in total. The highest BCUT2D eigenvalue weighted by Crippen LogP contribution is 2.49. The van der Waals surface area contributed by atoms with E-state index in [1.165, 1.54) is 0 Å². The molecule has 1 saturated heterocycles. The fraction of sp³-hybridized carbons (Fsp3) is 0.708. The Morgan fingerprint density at radius 1 is 1.27 bits per heavy atom. The van der Waals surface area contributed by atoms with Gasteiger partial charge in [-0.2, -0.15) is 4.98 Å². The quantitative estimate of drug-likeness (QED) is 0.364. The van der Waals surface area contributed by atoms with E-state index in [0.717, 1.165) is 6.42 Å². The topological polar surface area (TPSA) is 74.5 Å². The minimum absolute atomic E-state index is 0. The molecule has 0 amide bonds. The molecule has 1 aliphatic rings. The lowest BCUT2D eigenvalue weighted by atomic mass is 9.99. The molecule has 0 radical (unpaired) electrons. The highest BCUT2D eigenvalue weighted by Gasteiger charge is 2.45. The first-order valence-corrected chi connectivity index (χ1v) is 13.0. The maximum atomic E-state index is 6.77. The smallest absolute Gasteiger partial charge is 0.246 e. The molecule has 0 saturated carbocycles. The van der Waals surface area contributed by atoms with Crippen molar-refractivity contribution in [3.63, 3.8) is 0 Å². The van der Waals surface area contributed by atoms with E-state index in [1.807, 2.05) is 11.5 Å². The fourth-order valence-electron chi connectivity index (χ4n) is 4.56. The van der Waals surface area contributed by atoms with Crippen molar-refractivity contribution in [3.05, 3.63) is 12.2 Å². The molecule has 2 aromatic heterocycles. The molecule has 0 aliphatic carbocycles. The van der Waals surface area contributed by atoms with E-state index in [1.54, 1.807) is 6.33 Å². The van der Waals surface area contributed by atoms with Crippen LogP contribution in [0.2, 0.25) is 0 Å². The number of fused-ring (bicyclic) bond motifs is 1. The third-order valence-corrected chi connectivity index (χ3v) is 7.95. The van der Waals surface area contributed by atoms with E-state index in [9.17, 15) is 0 Å². The first-order valence-electron chi connectivity index (χ1n) is 11.3. The van der Waals surface area contributed by atoms with E-state index in [0.29, 0.717) is 35.0 Å². The lowest BCUT2D eigenvalue weighted by molar-refractivity contribution is -0.0287. The maximum Gasteiger partial charge on any atom is 0.246 e. The lowest BCUT2D eigenvalue weighted by Crippen LogP contribution is -2.35.